The Balaban J connectivity index is 1.27. The fraction of sp³-hybridized carbons (Fsp3) is 0.286. The van der Waals surface area contributed by atoms with E-state index in [0.29, 0.717) is 24.3 Å². The molecule has 0 bridgehead atoms. The van der Waals surface area contributed by atoms with Crippen molar-refractivity contribution in [1.82, 2.24) is 15.5 Å². The number of hydrogen-bond acceptors (Lipinski definition) is 5. The largest absolute Gasteiger partial charge is 0.454 e. The van der Waals surface area contributed by atoms with E-state index in [4.69, 9.17) is 9.47 Å². The number of carbonyl (C=O) groups is 3. The topological polar surface area (TPSA) is 97.0 Å². The summed E-state index contributed by atoms with van der Waals surface area (Å²) < 4.78 is 10.6. The van der Waals surface area contributed by atoms with Crippen molar-refractivity contribution in [2.75, 3.05) is 13.3 Å². The number of benzene rings is 2. The average molecular weight is 395 g/mol. The number of nitrogens with one attached hydrogen (secondary N) is 2. The van der Waals surface area contributed by atoms with Crippen molar-refractivity contribution >= 4 is 17.8 Å². The highest BCUT2D eigenvalue weighted by atomic mass is 16.7. The van der Waals surface area contributed by atoms with Gasteiger partial charge in [-0.3, -0.25) is 14.5 Å². The highest BCUT2D eigenvalue weighted by Gasteiger charge is 2.38. The lowest BCUT2D eigenvalue weighted by molar-refractivity contribution is -0.132. The molecule has 0 radical (unpaired) electrons. The first kappa shape index (κ1) is 18.8. The third-order valence-corrected chi connectivity index (χ3v) is 4.90. The average Bonchev–Trinajstić information content (AvgIpc) is 3.31. The number of amides is 4. The maximum atomic E-state index is 12.5. The zero-order chi connectivity index (χ0) is 20.2. The van der Waals surface area contributed by atoms with Crippen LogP contribution in [0.1, 0.15) is 17.5 Å². The summed E-state index contributed by atoms with van der Waals surface area (Å²) in [6.45, 7) is 0.135. The second-order valence-electron chi connectivity index (χ2n) is 6.92. The molecule has 0 unspecified atom stereocenters. The molecule has 2 aliphatic rings. The first-order chi connectivity index (χ1) is 14.1. The van der Waals surface area contributed by atoms with Crippen LogP contribution in [0.3, 0.4) is 0 Å². The van der Waals surface area contributed by atoms with Crippen LogP contribution in [0.15, 0.2) is 48.5 Å². The molecular formula is C21H21N3O5. The summed E-state index contributed by atoms with van der Waals surface area (Å²) in [4.78, 5) is 37.8. The smallest absolute Gasteiger partial charge is 0.325 e. The molecule has 2 N–H and O–H groups in total. The molecule has 2 aliphatic heterocycles. The molecule has 8 nitrogen and oxygen atoms in total. The molecular weight excluding hydrogens is 374 g/mol. The van der Waals surface area contributed by atoms with Gasteiger partial charge in [0, 0.05) is 6.54 Å². The Hall–Kier alpha value is -3.55. The SMILES string of the molecule is O=C(CN1C(=O)N[C@@H](CCc2ccccc2)C1=O)NCc1ccc2c(c1)OCO2. The van der Waals surface area contributed by atoms with Crippen LogP contribution in [0.5, 0.6) is 11.5 Å². The third-order valence-electron chi connectivity index (χ3n) is 4.90. The first-order valence-corrected chi connectivity index (χ1v) is 9.41. The van der Waals surface area contributed by atoms with E-state index in [-0.39, 0.29) is 25.8 Å². The van der Waals surface area contributed by atoms with Crippen molar-refractivity contribution in [1.29, 1.82) is 0 Å². The maximum Gasteiger partial charge on any atom is 0.325 e. The first-order valence-electron chi connectivity index (χ1n) is 9.41. The molecule has 1 saturated heterocycles. The second-order valence-corrected chi connectivity index (χ2v) is 6.92. The number of imide groups is 1. The van der Waals surface area contributed by atoms with Gasteiger partial charge in [-0.2, -0.15) is 0 Å². The molecule has 1 atom stereocenters. The lowest BCUT2D eigenvalue weighted by Crippen LogP contribution is -2.41. The number of aryl methyl sites for hydroxylation is 1. The zero-order valence-electron chi connectivity index (χ0n) is 15.7. The van der Waals surface area contributed by atoms with E-state index in [9.17, 15) is 14.4 Å². The van der Waals surface area contributed by atoms with Gasteiger partial charge in [-0.25, -0.2) is 4.79 Å². The van der Waals surface area contributed by atoms with Crippen molar-refractivity contribution in [2.45, 2.75) is 25.4 Å². The quantitative estimate of drug-likeness (QED) is 0.694. The van der Waals surface area contributed by atoms with Crippen LogP contribution >= 0.6 is 0 Å². The highest BCUT2D eigenvalue weighted by molar-refractivity contribution is 6.06. The normalized spacial score (nSPS) is 17.4. The molecule has 8 heteroatoms. The van der Waals surface area contributed by atoms with Crippen LogP contribution in [0.2, 0.25) is 0 Å². The number of rotatable bonds is 7. The van der Waals surface area contributed by atoms with Crippen LogP contribution in [-0.2, 0) is 22.6 Å². The minimum absolute atomic E-state index is 0.183. The van der Waals surface area contributed by atoms with Crippen molar-refractivity contribution in [3.8, 4) is 11.5 Å². The Labute approximate surface area is 167 Å². The highest BCUT2D eigenvalue weighted by Crippen LogP contribution is 2.32. The Bertz CT molecular complexity index is 931. The minimum Gasteiger partial charge on any atom is -0.454 e. The Morgan fingerprint density at radius 1 is 1.07 bits per heavy atom. The molecule has 150 valence electrons. The Morgan fingerprint density at radius 3 is 2.69 bits per heavy atom. The molecule has 2 heterocycles. The lowest BCUT2D eigenvalue weighted by atomic mass is 10.1. The van der Waals surface area contributed by atoms with Gasteiger partial charge in [0.2, 0.25) is 12.7 Å². The predicted octanol–water partition coefficient (Wildman–Crippen LogP) is 1.58. The Kier molecular flexibility index (Phi) is 5.33. The number of carbonyl (C=O) groups excluding carboxylic acids is 3. The molecule has 2 aromatic rings. The van der Waals surface area contributed by atoms with Crippen LogP contribution in [0.4, 0.5) is 4.79 Å². The van der Waals surface area contributed by atoms with Gasteiger partial charge in [-0.15, -0.1) is 0 Å². The van der Waals surface area contributed by atoms with E-state index in [2.05, 4.69) is 10.6 Å². The third kappa shape index (κ3) is 4.31. The summed E-state index contributed by atoms with van der Waals surface area (Å²) in [7, 11) is 0. The predicted molar refractivity (Wildman–Crippen MR) is 103 cm³/mol. The number of fused-ring (bicyclic) bond motifs is 1. The summed E-state index contributed by atoms with van der Waals surface area (Å²) in [5.74, 6) is 0.520. The molecule has 29 heavy (non-hydrogen) atoms. The van der Waals surface area contributed by atoms with E-state index in [1.54, 1.807) is 12.1 Å². The van der Waals surface area contributed by atoms with Gasteiger partial charge in [-0.1, -0.05) is 36.4 Å². The maximum absolute atomic E-state index is 12.5. The number of hydrogen-bond donors (Lipinski definition) is 2. The van der Waals surface area contributed by atoms with Crippen molar-refractivity contribution < 1.29 is 23.9 Å². The molecule has 1 fully saturated rings. The van der Waals surface area contributed by atoms with E-state index < -0.39 is 18.0 Å². The molecule has 4 rings (SSSR count). The molecule has 0 spiro atoms. The fourth-order valence-electron chi connectivity index (χ4n) is 3.33. The van der Waals surface area contributed by atoms with Crippen LogP contribution < -0.4 is 20.1 Å². The van der Waals surface area contributed by atoms with Gasteiger partial charge in [0.1, 0.15) is 12.6 Å². The van der Waals surface area contributed by atoms with Crippen molar-refractivity contribution in [3.63, 3.8) is 0 Å². The summed E-state index contributed by atoms with van der Waals surface area (Å²) in [6.07, 6.45) is 1.16. The molecule has 0 aliphatic carbocycles. The van der Waals surface area contributed by atoms with Gasteiger partial charge in [0.15, 0.2) is 11.5 Å². The second kappa shape index (κ2) is 8.22. The molecule has 0 aromatic heterocycles. The number of nitrogens with zero attached hydrogens (tertiary/aromatic N) is 1. The van der Waals surface area contributed by atoms with Gasteiger partial charge in [-0.05, 0) is 36.1 Å². The van der Waals surface area contributed by atoms with E-state index >= 15 is 0 Å². The number of urea groups is 1. The van der Waals surface area contributed by atoms with Crippen molar-refractivity contribution in [2.24, 2.45) is 0 Å². The van der Waals surface area contributed by atoms with Crippen LogP contribution in [-0.4, -0.2) is 42.1 Å². The Morgan fingerprint density at radius 2 is 1.86 bits per heavy atom. The van der Waals surface area contributed by atoms with Gasteiger partial charge in [0.05, 0.1) is 0 Å². The van der Waals surface area contributed by atoms with Gasteiger partial charge < -0.3 is 20.1 Å². The monoisotopic (exact) mass is 395 g/mol. The summed E-state index contributed by atoms with van der Waals surface area (Å²) >= 11 is 0. The summed E-state index contributed by atoms with van der Waals surface area (Å²) in [5, 5.41) is 5.38. The van der Waals surface area contributed by atoms with Gasteiger partial charge in [0.25, 0.3) is 5.91 Å². The minimum atomic E-state index is -0.607. The summed E-state index contributed by atoms with van der Waals surface area (Å²) in [6, 6.07) is 14.0. The van der Waals surface area contributed by atoms with E-state index in [0.717, 1.165) is 16.0 Å². The molecule has 4 amide bonds. The van der Waals surface area contributed by atoms with Crippen LogP contribution in [0.25, 0.3) is 0 Å². The summed E-state index contributed by atoms with van der Waals surface area (Å²) in [5.41, 5.74) is 1.93. The number of ether oxygens (including phenoxy) is 2. The van der Waals surface area contributed by atoms with E-state index in [1.165, 1.54) is 0 Å². The van der Waals surface area contributed by atoms with Crippen LogP contribution in [0, 0.1) is 0 Å². The fourth-order valence-corrected chi connectivity index (χ4v) is 3.33. The van der Waals surface area contributed by atoms with E-state index in [1.807, 2.05) is 36.4 Å². The molecule has 2 aromatic carbocycles. The van der Waals surface area contributed by atoms with Gasteiger partial charge >= 0.3 is 6.03 Å². The standard InChI is InChI=1S/C21H21N3O5/c25-19(22-11-15-7-9-17-18(10-15)29-13-28-17)12-24-20(26)16(23-21(24)27)8-6-14-4-2-1-3-5-14/h1-5,7,9-10,16H,6,8,11-13H2,(H,22,25)(H,23,27)/t16-/m0/s1. The zero-order valence-corrected chi connectivity index (χ0v) is 15.7. The molecule has 0 saturated carbocycles. The lowest BCUT2D eigenvalue weighted by Gasteiger charge is -2.13. The van der Waals surface area contributed by atoms with Crippen molar-refractivity contribution in [3.05, 3.63) is 59.7 Å².